The van der Waals surface area contributed by atoms with Crippen LogP contribution in [0.4, 0.5) is 0 Å². The molecular formula is C21H34N2O5. The SMILES string of the molecule is CCCCOc1ccc(OCCCCCCC(C[C@H](N)C(=O)O)C(N)=O)cc1. The van der Waals surface area contributed by atoms with Crippen LogP contribution >= 0.6 is 0 Å². The molecule has 1 aromatic carbocycles. The largest absolute Gasteiger partial charge is 0.494 e. The van der Waals surface area contributed by atoms with Gasteiger partial charge in [0.2, 0.25) is 5.91 Å². The number of carbonyl (C=O) groups is 2. The summed E-state index contributed by atoms with van der Waals surface area (Å²) in [5, 5.41) is 8.84. The number of nitrogens with two attached hydrogens (primary N) is 2. The van der Waals surface area contributed by atoms with E-state index < -0.39 is 23.8 Å². The number of hydrogen-bond donors (Lipinski definition) is 3. The molecule has 1 rings (SSSR count). The highest BCUT2D eigenvalue weighted by Gasteiger charge is 2.22. The molecule has 28 heavy (non-hydrogen) atoms. The number of carboxylic acids is 1. The highest BCUT2D eigenvalue weighted by molar-refractivity contribution is 5.79. The number of primary amides is 1. The first-order valence-electron chi connectivity index (χ1n) is 10.1. The van der Waals surface area contributed by atoms with Crippen LogP contribution in [0.3, 0.4) is 0 Å². The quantitative estimate of drug-likeness (QED) is 0.370. The van der Waals surface area contributed by atoms with Crippen molar-refractivity contribution in [3.63, 3.8) is 0 Å². The number of carbonyl (C=O) groups excluding carboxylic acids is 1. The van der Waals surface area contributed by atoms with Gasteiger partial charge in [-0.3, -0.25) is 9.59 Å². The molecule has 7 nitrogen and oxygen atoms in total. The summed E-state index contributed by atoms with van der Waals surface area (Å²) in [7, 11) is 0. The van der Waals surface area contributed by atoms with Crippen LogP contribution in [0.25, 0.3) is 0 Å². The molecule has 158 valence electrons. The van der Waals surface area contributed by atoms with Gasteiger partial charge < -0.3 is 26.0 Å². The van der Waals surface area contributed by atoms with Gasteiger partial charge in [-0.25, -0.2) is 0 Å². The first kappa shape index (κ1) is 23.8. The van der Waals surface area contributed by atoms with Crippen LogP contribution in [0.1, 0.15) is 58.3 Å². The Kier molecular flexibility index (Phi) is 11.7. The average molecular weight is 395 g/mol. The van der Waals surface area contributed by atoms with E-state index in [1.165, 1.54) is 0 Å². The topological polar surface area (TPSA) is 125 Å². The van der Waals surface area contributed by atoms with E-state index in [2.05, 4.69) is 6.92 Å². The number of ether oxygens (including phenoxy) is 2. The monoisotopic (exact) mass is 394 g/mol. The van der Waals surface area contributed by atoms with Gasteiger partial charge in [0.05, 0.1) is 13.2 Å². The molecule has 0 aromatic heterocycles. The molecule has 1 amide bonds. The van der Waals surface area contributed by atoms with E-state index in [9.17, 15) is 9.59 Å². The first-order valence-corrected chi connectivity index (χ1v) is 10.1. The molecule has 0 fully saturated rings. The second kappa shape index (κ2) is 13.8. The second-order valence-corrected chi connectivity index (χ2v) is 7.00. The summed E-state index contributed by atoms with van der Waals surface area (Å²) in [6.07, 6.45) is 6.43. The van der Waals surface area contributed by atoms with E-state index in [0.29, 0.717) is 13.0 Å². The Morgan fingerprint density at radius 1 is 0.964 bits per heavy atom. The highest BCUT2D eigenvalue weighted by Crippen LogP contribution is 2.19. The van der Waals surface area contributed by atoms with E-state index >= 15 is 0 Å². The Morgan fingerprint density at radius 3 is 2.00 bits per heavy atom. The van der Waals surface area contributed by atoms with E-state index in [1.807, 2.05) is 24.3 Å². The first-order chi connectivity index (χ1) is 13.4. The van der Waals surface area contributed by atoms with Crippen molar-refractivity contribution >= 4 is 11.9 Å². The molecule has 1 unspecified atom stereocenters. The molecule has 0 saturated carbocycles. The minimum atomic E-state index is -1.11. The van der Waals surface area contributed by atoms with E-state index in [4.69, 9.17) is 26.0 Å². The van der Waals surface area contributed by atoms with Crippen molar-refractivity contribution in [1.29, 1.82) is 0 Å². The molecule has 1 aromatic rings. The second-order valence-electron chi connectivity index (χ2n) is 7.00. The van der Waals surface area contributed by atoms with E-state index in [1.54, 1.807) is 0 Å². The van der Waals surface area contributed by atoms with Gasteiger partial charge >= 0.3 is 5.97 Å². The molecule has 7 heteroatoms. The zero-order chi connectivity index (χ0) is 20.8. The van der Waals surface area contributed by atoms with Gasteiger partial charge in [-0.2, -0.15) is 0 Å². The van der Waals surface area contributed by atoms with Gasteiger partial charge in [0.15, 0.2) is 0 Å². The lowest BCUT2D eigenvalue weighted by molar-refractivity contribution is -0.139. The van der Waals surface area contributed by atoms with Gasteiger partial charge in [-0.1, -0.05) is 32.6 Å². The van der Waals surface area contributed by atoms with Gasteiger partial charge in [0.25, 0.3) is 0 Å². The third-order valence-corrected chi connectivity index (χ3v) is 4.56. The fraction of sp³-hybridized carbons (Fsp3) is 0.619. The fourth-order valence-electron chi connectivity index (χ4n) is 2.79. The van der Waals surface area contributed by atoms with Gasteiger partial charge in [0, 0.05) is 5.92 Å². The summed E-state index contributed by atoms with van der Waals surface area (Å²) >= 11 is 0. The number of aliphatic carboxylic acids is 1. The fourth-order valence-corrected chi connectivity index (χ4v) is 2.79. The number of unbranched alkanes of at least 4 members (excludes halogenated alkanes) is 4. The van der Waals surface area contributed by atoms with Crippen LogP contribution in [0, 0.1) is 5.92 Å². The lowest BCUT2D eigenvalue weighted by Gasteiger charge is -2.15. The number of amides is 1. The Bertz CT molecular complexity index is 577. The predicted molar refractivity (Wildman–Crippen MR) is 108 cm³/mol. The summed E-state index contributed by atoms with van der Waals surface area (Å²) in [4.78, 5) is 22.2. The molecule has 0 aliphatic rings. The molecule has 5 N–H and O–H groups in total. The van der Waals surface area contributed by atoms with Crippen LogP contribution in [-0.4, -0.2) is 36.2 Å². The normalized spacial score (nSPS) is 12.9. The minimum Gasteiger partial charge on any atom is -0.494 e. The van der Waals surface area contributed by atoms with Crippen LogP contribution in [0.15, 0.2) is 24.3 Å². The summed E-state index contributed by atoms with van der Waals surface area (Å²) in [5.74, 6) is -0.404. The zero-order valence-corrected chi connectivity index (χ0v) is 16.8. The molecule has 0 saturated heterocycles. The van der Waals surface area contributed by atoms with Crippen LogP contribution < -0.4 is 20.9 Å². The van der Waals surface area contributed by atoms with Crippen molar-refractivity contribution in [1.82, 2.24) is 0 Å². The third-order valence-electron chi connectivity index (χ3n) is 4.56. The third kappa shape index (κ3) is 10.2. The lowest BCUT2D eigenvalue weighted by Crippen LogP contribution is -2.36. The molecular weight excluding hydrogens is 360 g/mol. The van der Waals surface area contributed by atoms with Crippen LogP contribution in [0.2, 0.25) is 0 Å². The number of benzene rings is 1. The van der Waals surface area contributed by atoms with Crippen molar-refractivity contribution in [3.05, 3.63) is 24.3 Å². The maximum Gasteiger partial charge on any atom is 0.320 e. The summed E-state index contributed by atoms with van der Waals surface area (Å²) < 4.78 is 11.3. The number of rotatable bonds is 16. The van der Waals surface area contributed by atoms with Gasteiger partial charge in [-0.05, 0) is 49.9 Å². The molecule has 0 bridgehead atoms. The van der Waals surface area contributed by atoms with Crippen molar-refractivity contribution in [2.24, 2.45) is 17.4 Å². The lowest BCUT2D eigenvalue weighted by atomic mass is 9.93. The van der Waals surface area contributed by atoms with Crippen LogP contribution in [-0.2, 0) is 9.59 Å². The molecule has 0 heterocycles. The summed E-state index contributed by atoms with van der Waals surface area (Å²) in [6, 6.07) is 6.59. The van der Waals surface area contributed by atoms with Crippen molar-refractivity contribution in [3.8, 4) is 11.5 Å². The highest BCUT2D eigenvalue weighted by atomic mass is 16.5. The van der Waals surface area contributed by atoms with Crippen LogP contribution in [0.5, 0.6) is 11.5 Å². The Morgan fingerprint density at radius 2 is 1.50 bits per heavy atom. The number of carboxylic acid groups (broad SMARTS) is 1. The van der Waals surface area contributed by atoms with E-state index in [-0.39, 0.29) is 6.42 Å². The Balaban J connectivity index is 2.15. The zero-order valence-electron chi connectivity index (χ0n) is 16.8. The van der Waals surface area contributed by atoms with Gasteiger partial charge in [-0.15, -0.1) is 0 Å². The molecule has 0 spiro atoms. The predicted octanol–water partition coefficient (Wildman–Crippen LogP) is 3.10. The maximum absolute atomic E-state index is 11.4. The minimum absolute atomic E-state index is 0.0892. The summed E-state index contributed by atoms with van der Waals surface area (Å²) in [5.41, 5.74) is 10.8. The Hall–Kier alpha value is -2.28. The van der Waals surface area contributed by atoms with Crippen molar-refractivity contribution in [2.75, 3.05) is 13.2 Å². The molecule has 2 atom stereocenters. The maximum atomic E-state index is 11.4. The van der Waals surface area contributed by atoms with Gasteiger partial charge in [0.1, 0.15) is 17.5 Å². The molecule has 0 aliphatic heterocycles. The smallest absolute Gasteiger partial charge is 0.320 e. The molecule has 0 radical (unpaired) electrons. The van der Waals surface area contributed by atoms with E-state index in [0.717, 1.165) is 56.6 Å². The average Bonchev–Trinajstić information content (AvgIpc) is 2.67. The standard InChI is InChI=1S/C21H34N2O5/c1-2-3-13-27-17-9-11-18(12-10-17)28-14-7-5-4-6-8-16(20(23)24)15-19(22)21(25)26/h9-12,16,19H,2-8,13-15,22H2,1H3,(H2,23,24)(H,25,26)/t16?,19-/m0/s1. The van der Waals surface area contributed by atoms with Crippen molar-refractivity contribution in [2.45, 2.75) is 64.3 Å². The van der Waals surface area contributed by atoms with Crippen molar-refractivity contribution < 1.29 is 24.2 Å². The molecule has 0 aliphatic carbocycles. The number of hydrogen-bond acceptors (Lipinski definition) is 5. The summed E-state index contributed by atoms with van der Waals surface area (Å²) in [6.45, 7) is 3.49. The Labute approximate surface area is 167 Å².